The number of nitrogens with two attached hydrogens (primary N) is 1. The Balaban J connectivity index is 2.63. The lowest BCUT2D eigenvalue weighted by Crippen LogP contribution is -1.92. The molecule has 2 N–H and O–H groups in total. The molecule has 0 atom stereocenters. The average molecular weight is 223 g/mol. The zero-order valence-electron chi connectivity index (χ0n) is 7.74. The molecule has 0 saturated heterocycles. The van der Waals surface area contributed by atoms with Crippen molar-refractivity contribution in [3.63, 3.8) is 0 Å². The Kier molecular flexibility index (Phi) is 2.56. The van der Waals surface area contributed by atoms with Crippen LogP contribution in [0.4, 0.5) is 10.1 Å². The SMILES string of the molecule is Nc1cc(Cl)c(F)c(-c2ccccn2)c1. The van der Waals surface area contributed by atoms with Crippen LogP contribution < -0.4 is 5.73 Å². The van der Waals surface area contributed by atoms with Crippen LogP contribution in [0.25, 0.3) is 11.3 Å². The van der Waals surface area contributed by atoms with Crippen molar-refractivity contribution in [1.29, 1.82) is 0 Å². The third-order valence-electron chi connectivity index (χ3n) is 1.99. The number of nitrogen functional groups attached to an aromatic ring is 1. The van der Waals surface area contributed by atoms with E-state index in [0.717, 1.165) is 0 Å². The summed E-state index contributed by atoms with van der Waals surface area (Å²) < 4.78 is 13.6. The second-order valence-electron chi connectivity index (χ2n) is 3.08. The van der Waals surface area contributed by atoms with Crippen molar-refractivity contribution in [1.82, 2.24) is 4.98 Å². The molecule has 0 bridgehead atoms. The largest absolute Gasteiger partial charge is 0.399 e. The minimum Gasteiger partial charge on any atom is -0.399 e. The fourth-order valence-electron chi connectivity index (χ4n) is 1.32. The molecule has 0 amide bonds. The first kappa shape index (κ1) is 9.93. The highest BCUT2D eigenvalue weighted by molar-refractivity contribution is 6.31. The number of pyridine rings is 1. The molecule has 0 aliphatic carbocycles. The summed E-state index contributed by atoms with van der Waals surface area (Å²) in [5, 5.41) is 0.00986. The Hall–Kier alpha value is -1.61. The van der Waals surface area contributed by atoms with Crippen molar-refractivity contribution in [2.45, 2.75) is 0 Å². The highest BCUT2D eigenvalue weighted by Gasteiger charge is 2.10. The molecule has 2 nitrogen and oxygen atoms in total. The van der Waals surface area contributed by atoms with E-state index in [1.165, 1.54) is 12.1 Å². The van der Waals surface area contributed by atoms with Gasteiger partial charge in [-0.1, -0.05) is 17.7 Å². The van der Waals surface area contributed by atoms with E-state index in [2.05, 4.69) is 4.98 Å². The van der Waals surface area contributed by atoms with Gasteiger partial charge in [-0.25, -0.2) is 4.39 Å². The van der Waals surface area contributed by atoms with Gasteiger partial charge in [0.25, 0.3) is 0 Å². The van der Waals surface area contributed by atoms with Gasteiger partial charge in [0.2, 0.25) is 0 Å². The van der Waals surface area contributed by atoms with Gasteiger partial charge < -0.3 is 5.73 Å². The lowest BCUT2D eigenvalue weighted by molar-refractivity contribution is 0.631. The Bertz CT molecular complexity index is 485. The first-order chi connectivity index (χ1) is 7.18. The summed E-state index contributed by atoms with van der Waals surface area (Å²) in [7, 11) is 0. The molecule has 1 aromatic carbocycles. The number of hydrogen-bond donors (Lipinski definition) is 1. The Morgan fingerprint density at radius 3 is 2.73 bits per heavy atom. The van der Waals surface area contributed by atoms with Crippen molar-refractivity contribution >= 4 is 17.3 Å². The highest BCUT2D eigenvalue weighted by atomic mass is 35.5. The second kappa shape index (κ2) is 3.87. The third kappa shape index (κ3) is 1.92. The first-order valence-electron chi connectivity index (χ1n) is 4.34. The molecule has 1 aromatic heterocycles. The van der Waals surface area contributed by atoms with E-state index in [1.54, 1.807) is 24.4 Å². The van der Waals surface area contributed by atoms with Gasteiger partial charge in [0, 0.05) is 17.4 Å². The molecule has 76 valence electrons. The molecule has 0 saturated carbocycles. The van der Waals surface area contributed by atoms with Crippen molar-refractivity contribution in [3.05, 3.63) is 47.4 Å². The molecule has 0 spiro atoms. The summed E-state index contributed by atoms with van der Waals surface area (Å²) in [5.74, 6) is -0.496. The van der Waals surface area contributed by atoms with Crippen molar-refractivity contribution in [3.8, 4) is 11.3 Å². The zero-order chi connectivity index (χ0) is 10.8. The molecule has 0 fully saturated rings. The molecule has 0 unspecified atom stereocenters. The normalized spacial score (nSPS) is 10.3. The second-order valence-corrected chi connectivity index (χ2v) is 3.49. The Morgan fingerprint density at radius 2 is 2.07 bits per heavy atom. The standard InChI is InChI=1S/C11H8ClFN2/c12-9-6-7(14)5-8(11(9)13)10-3-1-2-4-15-10/h1-6H,14H2. The predicted molar refractivity (Wildman–Crippen MR) is 59.1 cm³/mol. The Labute approximate surface area is 91.5 Å². The molecular formula is C11H8ClFN2. The van der Waals surface area contributed by atoms with Crippen LogP contribution in [0.5, 0.6) is 0 Å². The number of rotatable bonds is 1. The molecule has 4 heteroatoms. The number of nitrogens with zero attached hydrogens (tertiary/aromatic N) is 1. The maximum atomic E-state index is 13.6. The van der Waals surface area contributed by atoms with E-state index >= 15 is 0 Å². The van der Waals surface area contributed by atoms with Gasteiger partial charge in [-0.15, -0.1) is 0 Å². The van der Waals surface area contributed by atoms with Crippen molar-refractivity contribution in [2.24, 2.45) is 0 Å². The molecule has 0 radical (unpaired) electrons. The third-order valence-corrected chi connectivity index (χ3v) is 2.27. The van der Waals surface area contributed by atoms with Crippen LogP contribution in [0.1, 0.15) is 0 Å². The van der Waals surface area contributed by atoms with Crippen molar-refractivity contribution in [2.75, 3.05) is 5.73 Å². The van der Waals surface area contributed by atoms with Gasteiger partial charge >= 0.3 is 0 Å². The van der Waals surface area contributed by atoms with Crippen molar-refractivity contribution < 1.29 is 4.39 Å². The molecule has 2 aromatic rings. The van der Waals surface area contributed by atoms with Gasteiger partial charge in [-0.3, -0.25) is 4.98 Å². The fourth-order valence-corrected chi connectivity index (χ4v) is 1.55. The topological polar surface area (TPSA) is 38.9 Å². The van der Waals surface area contributed by atoms with Gasteiger partial charge in [0.15, 0.2) is 5.82 Å². The Morgan fingerprint density at radius 1 is 1.27 bits per heavy atom. The molecule has 0 aliphatic rings. The van der Waals surface area contributed by atoms with E-state index in [4.69, 9.17) is 17.3 Å². The number of benzene rings is 1. The average Bonchev–Trinajstić information content (AvgIpc) is 2.24. The predicted octanol–water partition coefficient (Wildman–Crippen LogP) is 3.12. The molecule has 1 heterocycles. The van der Waals surface area contributed by atoms with Crippen LogP contribution in [-0.2, 0) is 0 Å². The minimum atomic E-state index is -0.496. The first-order valence-corrected chi connectivity index (χ1v) is 4.72. The van der Waals surface area contributed by atoms with E-state index < -0.39 is 5.82 Å². The molecular weight excluding hydrogens is 215 g/mol. The molecule has 0 aliphatic heterocycles. The summed E-state index contributed by atoms with van der Waals surface area (Å²) in [4.78, 5) is 4.04. The quantitative estimate of drug-likeness (QED) is 0.753. The summed E-state index contributed by atoms with van der Waals surface area (Å²) in [6.45, 7) is 0. The van der Waals surface area contributed by atoms with Gasteiger partial charge in [0.05, 0.1) is 10.7 Å². The van der Waals surface area contributed by atoms with E-state index in [9.17, 15) is 4.39 Å². The van der Waals surface area contributed by atoms with E-state index in [1.807, 2.05) is 0 Å². The number of halogens is 2. The van der Waals surface area contributed by atoms with Gasteiger partial charge in [0.1, 0.15) is 0 Å². The number of anilines is 1. The van der Waals surface area contributed by atoms with Crippen LogP contribution in [-0.4, -0.2) is 4.98 Å². The van der Waals surface area contributed by atoms with Crippen LogP contribution in [0.15, 0.2) is 36.5 Å². The zero-order valence-corrected chi connectivity index (χ0v) is 8.50. The van der Waals surface area contributed by atoms with Crippen LogP contribution in [0.2, 0.25) is 5.02 Å². The van der Waals surface area contributed by atoms with Crippen LogP contribution in [0, 0.1) is 5.82 Å². The maximum Gasteiger partial charge on any atom is 0.151 e. The summed E-state index contributed by atoms with van der Waals surface area (Å²) in [6, 6.07) is 8.13. The molecule has 2 rings (SSSR count). The smallest absolute Gasteiger partial charge is 0.151 e. The minimum absolute atomic E-state index is 0.00986. The summed E-state index contributed by atoms with van der Waals surface area (Å²) >= 11 is 5.69. The summed E-state index contributed by atoms with van der Waals surface area (Å²) in [5.41, 5.74) is 6.84. The summed E-state index contributed by atoms with van der Waals surface area (Å²) in [6.07, 6.45) is 1.59. The van der Waals surface area contributed by atoms with Gasteiger partial charge in [-0.2, -0.15) is 0 Å². The fraction of sp³-hybridized carbons (Fsp3) is 0. The molecule has 15 heavy (non-hydrogen) atoms. The van der Waals surface area contributed by atoms with E-state index in [0.29, 0.717) is 16.9 Å². The highest BCUT2D eigenvalue weighted by Crippen LogP contribution is 2.28. The number of aromatic nitrogens is 1. The van der Waals surface area contributed by atoms with Gasteiger partial charge in [-0.05, 0) is 24.3 Å². The lowest BCUT2D eigenvalue weighted by atomic mass is 10.1. The monoisotopic (exact) mass is 222 g/mol. The maximum absolute atomic E-state index is 13.6. The number of hydrogen-bond acceptors (Lipinski definition) is 2. The van der Waals surface area contributed by atoms with Crippen LogP contribution in [0.3, 0.4) is 0 Å². The van der Waals surface area contributed by atoms with E-state index in [-0.39, 0.29) is 5.02 Å². The lowest BCUT2D eigenvalue weighted by Gasteiger charge is -2.05. The van der Waals surface area contributed by atoms with Crippen LogP contribution >= 0.6 is 11.6 Å².